The lowest BCUT2D eigenvalue weighted by Crippen LogP contribution is -2.64. The molecule has 0 saturated carbocycles. The zero-order valence-electron chi connectivity index (χ0n) is 16.1. The number of nitrogens with zero attached hydrogens (tertiary/aromatic N) is 2. The molecule has 142 valence electrons. The summed E-state index contributed by atoms with van der Waals surface area (Å²) >= 11 is 0. The smallest absolute Gasteiger partial charge is 0.257 e. The highest BCUT2D eigenvalue weighted by Gasteiger charge is 2.37. The molecule has 2 fully saturated rings. The minimum Gasteiger partial charge on any atom is -0.507 e. The predicted molar refractivity (Wildman–Crippen MR) is 101 cm³/mol. The van der Waals surface area contributed by atoms with E-state index in [-0.39, 0.29) is 35.4 Å². The Morgan fingerprint density at radius 2 is 1.88 bits per heavy atom. The molecule has 2 aliphatic rings. The molecule has 2 N–H and O–H groups in total. The first-order valence-corrected chi connectivity index (χ1v) is 9.47. The molecule has 0 radical (unpaired) electrons. The highest BCUT2D eigenvalue weighted by Crippen LogP contribution is 2.34. The highest BCUT2D eigenvalue weighted by atomic mass is 16.3. The molecule has 0 bridgehead atoms. The lowest BCUT2D eigenvalue weighted by molar-refractivity contribution is -0.131. The van der Waals surface area contributed by atoms with Gasteiger partial charge in [0, 0.05) is 32.7 Å². The van der Waals surface area contributed by atoms with E-state index in [0.29, 0.717) is 31.7 Å². The van der Waals surface area contributed by atoms with Crippen molar-refractivity contribution >= 4 is 11.8 Å². The average Bonchev–Trinajstić information content (AvgIpc) is 2.61. The van der Waals surface area contributed by atoms with Crippen LogP contribution in [0.1, 0.15) is 61.0 Å². The Kier molecular flexibility index (Phi) is 5.23. The van der Waals surface area contributed by atoms with Gasteiger partial charge in [-0.05, 0) is 29.0 Å². The van der Waals surface area contributed by atoms with Crippen molar-refractivity contribution < 1.29 is 14.7 Å². The van der Waals surface area contributed by atoms with Crippen molar-refractivity contribution in [3.63, 3.8) is 0 Å². The molecule has 0 unspecified atom stereocenters. The number of hydrogen-bond acceptors (Lipinski definition) is 4. The van der Waals surface area contributed by atoms with Crippen LogP contribution in [0.3, 0.4) is 0 Å². The average molecular weight is 359 g/mol. The lowest BCUT2D eigenvalue weighted by Gasteiger charge is -2.43. The third kappa shape index (κ3) is 3.43. The molecule has 1 aromatic carbocycles. The summed E-state index contributed by atoms with van der Waals surface area (Å²) < 4.78 is 0. The number of rotatable bonds is 3. The van der Waals surface area contributed by atoms with E-state index in [1.54, 1.807) is 4.90 Å². The number of piperazine rings is 2. The van der Waals surface area contributed by atoms with Gasteiger partial charge in [0.25, 0.3) is 5.91 Å². The Bertz CT molecular complexity index is 714. The Morgan fingerprint density at radius 3 is 2.54 bits per heavy atom. The van der Waals surface area contributed by atoms with E-state index in [4.69, 9.17) is 0 Å². The maximum Gasteiger partial charge on any atom is 0.257 e. The fraction of sp³-hybridized carbons (Fsp3) is 0.600. The van der Waals surface area contributed by atoms with E-state index in [9.17, 15) is 14.7 Å². The Morgan fingerprint density at radius 1 is 1.15 bits per heavy atom. The fourth-order valence-corrected chi connectivity index (χ4v) is 3.75. The van der Waals surface area contributed by atoms with Crippen molar-refractivity contribution in [1.29, 1.82) is 0 Å². The largest absolute Gasteiger partial charge is 0.507 e. The van der Waals surface area contributed by atoms with Crippen molar-refractivity contribution in [1.82, 2.24) is 15.1 Å². The van der Waals surface area contributed by atoms with Crippen molar-refractivity contribution in [2.75, 3.05) is 32.7 Å². The molecule has 2 aliphatic heterocycles. The number of hydrogen-bond donors (Lipinski definition) is 2. The first-order chi connectivity index (χ1) is 12.3. The molecule has 1 atom stereocenters. The molecule has 2 amide bonds. The van der Waals surface area contributed by atoms with Crippen molar-refractivity contribution in [3.8, 4) is 5.75 Å². The van der Waals surface area contributed by atoms with Gasteiger partial charge in [-0.15, -0.1) is 0 Å². The molecule has 1 aromatic rings. The standard InChI is InChI=1S/C20H29N3O3/c1-12(2)14-9-15(13(3)4)18(24)16(10-14)20(26)23-8-7-22-6-5-21-19(25)17(22)11-23/h9-10,12-13,17,24H,5-8,11H2,1-4H3,(H,21,25)/t17-/m0/s1. The van der Waals surface area contributed by atoms with Crippen molar-refractivity contribution in [2.24, 2.45) is 0 Å². The molecule has 6 nitrogen and oxygen atoms in total. The van der Waals surface area contributed by atoms with Crippen molar-refractivity contribution in [2.45, 2.75) is 45.6 Å². The van der Waals surface area contributed by atoms with Crippen LogP contribution in [0, 0.1) is 0 Å². The second-order valence-electron chi connectivity index (χ2n) is 7.91. The van der Waals surface area contributed by atoms with E-state index in [1.807, 2.05) is 26.0 Å². The Balaban J connectivity index is 1.90. The third-order valence-electron chi connectivity index (χ3n) is 5.46. The molecule has 2 saturated heterocycles. The molecule has 26 heavy (non-hydrogen) atoms. The maximum absolute atomic E-state index is 13.2. The second-order valence-corrected chi connectivity index (χ2v) is 7.91. The summed E-state index contributed by atoms with van der Waals surface area (Å²) in [5.41, 5.74) is 2.20. The van der Waals surface area contributed by atoms with Crippen LogP contribution in [0.5, 0.6) is 5.75 Å². The van der Waals surface area contributed by atoms with Gasteiger partial charge in [-0.2, -0.15) is 0 Å². The SMILES string of the molecule is CC(C)c1cc(C(=O)N2CCN3CCNC(=O)[C@@H]3C2)c(O)c(C(C)C)c1. The quantitative estimate of drug-likeness (QED) is 0.865. The second kappa shape index (κ2) is 7.27. The first-order valence-electron chi connectivity index (χ1n) is 9.47. The van der Waals surface area contributed by atoms with Gasteiger partial charge in [0.1, 0.15) is 11.8 Å². The Labute approximate surface area is 155 Å². The van der Waals surface area contributed by atoms with Gasteiger partial charge in [-0.3, -0.25) is 14.5 Å². The molecule has 0 spiro atoms. The van der Waals surface area contributed by atoms with Gasteiger partial charge in [0.05, 0.1) is 5.56 Å². The van der Waals surface area contributed by atoms with Crippen LogP contribution >= 0.6 is 0 Å². The van der Waals surface area contributed by atoms with Crippen LogP contribution in [-0.4, -0.2) is 65.5 Å². The zero-order chi connectivity index (χ0) is 19.0. The summed E-state index contributed by atoms with van der Waals surface area (Å²) in [5.74, 6) is 0.258. The maximum atomic E-state index is 13.2. The lowest BCUT2D eigenvalue weighted by atomic mass is 9.91. The Hall–Kier alpha value is -2.08. The van der Waals surface area contributed by atoms with E-state index in [1.165, 1.54) is 0 Å². The molecular formula is C20H29N3O3. The normalized spacial score (nSPS) is 21.1. The number of carbonyl (C=O) groups excluding carboxylic acids is 2. The number of benzene rings is 1. The summed E-state index contributed by atoms with van der Waals surface area (Å²) in [5, 5.41) is 13.6. The summed E-state index contributed by atoms with van der Waals surface area (Å²) in [6, 6.07) is 3.51. The summed E-state index contributed by atoms with van der Waals surface area (Å²) in [6.07, 6.45) is 0. The molecular weight excluding hydrogens is 330 g/mol. The monoisotopic (exact) mass is 359 g/mol. The predicted octanol–water partition coefficient (Wildman–Crippen LogP) is 1.90. The van der Waals surface area contributed by atoms with E-state index >= 15 is 0 Å². The number of amides is 2. The van der Waals surface area contributed by atoms with Crippen LogP contribution in [0.25, 0.3) is 0 Å². The number of nitrogens with one attached hydrogen (secondary N) is 1. The van der Waals surface area contributed by atoms with E-state index in [2.05, 4.69) is 24.1 Å². The number of aromatic hydroxyl groups is 1. The van der Waals surface area contributed by atoms with Crippen LogP contribution in [-0.2, 0) is 4.79 Å². The van der Waals surface area contributed by atoms with Gasteiger partial charge in [0.15, 0.2) is 0 Å². The van der Waals surface area contributed by atoms with Gasteiger partial charge in [-0.1, -0.05) is 33.8 Å². The minimum absolute atomic E-state index is 0.0169. The van der Waals surface area contributed by atoms with Crippen LogP contribution in [0.4, 0.5) is 0 Å². The molecule has 2 heterocycles. The van der Waals surface area contributed by atoms with Gasteiger partial charge >= 0.3 is 0 Å². The summed E-state index contributed by atoms with van der Waals surface area (Å²) in [4.78, 5) is 29.1. The zero-order valence-corrected chi connectivity index (χ0v) is 16.1. The van der Waals surface area contributed by atoms with E-state index in [0.717, 1.165) is 17.7 Å². The number of fused-ring (bicyclic) bond motifs is 1. The molecule has 0 aliphatic carbocycles. The van der Waals surface area contributed by atoms with Crippen LogP contribution in [0.2, 0.25) is 0 Å². The van der Waals surface area contributed by atoms with Gasteiger partial charge < -0.3 is 15.3 Å². The van der Waals surface area contributed by atoms with Crippen molar-refractivity contribution in [3.05, 3.63) is 28.8 Å². The van der Waals surface area contributed by atoms with Gasteiger partial charge in [0.2, 0.25) is 5.91 Å². The molecule has 3 rings (SSSR count). The third-order valence-corrected chi connectivity index (χ3v) is 5.46. The summed E-state index contributed by atoms with van der Waals surface area (Å²) in [6.45, 7) is 11.3. The van der Waals surface area contributed by atoms with Gasteiger partial charge in [-0.25, -0.2) is 0 Å². The number of carbonyl (C=O) groups is 2. The fourth-order valence-electron chi connectivity index (χ4n) is 3.75. The first kappa shape index (κ1) is 18.7. The minimum atomic E-state index is -0.290. The van der Waals surface area contributed by atoms with Crippen LogP contribution < -0.4 is 5.32 Å². The molecule has 6 heteroatoms. The van der Waals surface area contributed by atoms with E-state index < -0.39 is 0 Å². The number of phenols is 1. The number of phenolic OH excluding ortho intramolecular Hbond substituents is 1. The van der Waals surface area contributed by atoms with Crippen LogP contribution in [0.15, 0.2) is 12.1 Å². The topological polar surface area (TPSA) is 72.9 Å². The molecule has 0 aromatic heterocycles. The summed E-state index contributed by atoms with van der Waals surface area (Å²) in [7, 11) is 0. The highest BCUT2D eigenvalue weighted by molar-refractivity contribution is 5.98.